The molecule has 2 N–H and O–H groups in total. The molecule has 1 aliphatic rings. The SMILES string of the molecule is CCOC1CC(N(C)C(=O)c2ccc(C(N)=O)cn2)C1(C)C. The summed E-state index contributed by atoms with van der Waals surface area (Å²) in [6.45, 7) is 6.86. The van der Waals surface area contributed by atoms with Gasteiger partial charge in [-0.2, -0.15) is 0 Å². The van der Waals surface area contributed by atoms with Gasteiger partial charge in [-0.3, -0.25) is 14.6 Å². The van der Waals surface area contributed by atoms with Crippen molar-refractivity contribution in [2.24, 2.45) is 11.1 Å². The predicted molar refractivity (Wildman–Crippen MR) is 82.4 cm³/mol. The lowest BCUT2D eigenvalue weighted by atomic mass is 9.63. The van der Waals surface area contributed by atoms with Crippen molar-refractivity contribution < 1.29 is 14.3 Å². The Hall–Kier alpha value is -1.95. The average molecular weight is 305 g/mol. The third-order valence-electron chi connectivity index (χ3n) is 4.55. The Bertz CT molecular complexity index is 569. The van der Waals surface area contributed by atoms with Crippen LogP contribution in [-0.4, -0.2) is 47.5 Å². The standard InChI is InChI=1S/C16H23N3O3/c1-5-22-13-8-12(16(13,2)3)19(4)15(21)11-7-6-10(9-18-11)14(17)20/h6-7,9,12-13H,5,8H2,1-4H3,(H2,17,20). The summed E-state index contributed by atoms with van der Waals surface area (Å²) in [7, 11) is 1.78. The molecule has 2 atom stereocenters. The first-order valence-electron chi connectivity index (χ1n) is 7.43. The normalized spacial score (nSPS) is 22.7. The highest BCUT2D eigenvalue weighted by Gasteiger charge is 2.51. The van der Waals surface area contributed by atoms with Gasteiger partial charge in [0.1, 0.15) is 5.69 Å². The molecule has 0 bridgehead atoms. The van der Waals surface area contributed by atoms with Crippen LogP contribution < -0.4 is 5.73 Å². The van der Waals surface area contributed by atoms with Crippen LogP contribution in [0.25, 0.3) is 0 Å². The van der Waals surface area contributed by atoms with E-state index in [4.69, 9.17) is 10.5 Å². The van der Waals surface area contributed by atoms with E-state index in [1.807, 2.05) is 6.92 Å². The number of pyridine rings is 1. The maximum atomic E-state index is 12.5. The highest BCUT2D eigenvalue weighted by atomic mass is 16.5. The fourth-order valence-corrected chi connectivity index (χ4v) is 2.99. The number of ether oxygens (including phenoxy) is 1. The summed E-state index contributed by atoms with van der Waals surface area (Å²) in [4.78, 5) is 29.3. The lowest BCUT2D eigenvalue weighted by Crippen LogP contribution is -2.62. The molecule has 1 fully saturated rings. The second kappa shape index (κ2) is 6.04. The lowest BCUT2D eigenvalue weighted by Gasteiger charge is -2.54. The molecule has 1 aromatic rings. The van der Waals surface area contributed by atoms with Crippen LogP contribution >= 0.6 is 0 Å². The van der Waals surface area contributed by atoms with E-state index in [9.17, 15) is 9.59 Å². The number of hydrogen-bond donors (Lipinski definition) is 1. The quantitative estimate of drug-likeness (QED) is 0.892. The van der Waals surface area contributed by atoms with E-state index in [0.29, 0.717) is 17.9 Å². The van der Waals surface area contributed by atoms with Crippen LogP contribution in [0.3, 0.4) is 0 Å². The number of primary amides is 1. The Morgan fingerprint density at radius 1 is 1.45 bits per heavy atom. The molecule has 1 aliphatic carbocycles. The fourth-order valence-electron chi connectivity index (χ4n) is 2.99. The zero-order chi connectivity index (χ0) is 16.5. The molecule has 0 aromatic carbocycles. The smallest absolute Gasteiger partial charge is 0.272 e. The fraction of sp³-hybridized carbons (Fsp3) is 0.562. The molecule has 2 rings (SSSR count). The minimum absolute atomic E-state index is 0.0897. The van der Waals surface area contributed by atoms with Crippen LogP contribution in [0.5, 0.6) is 0 Å². The van der Waals surface area contributed by atoms with Crippen LogP contribution in [0.1, 0.15) is 48.0 Å². The molecule has 0 spiro atoms. The van der Waals surface area contributed by atoms with Gasteiger partial charge in [-0.05, 0) is 25.5 Å². The molecule has 1 saturated carbocycles. The summed E-state index contributed by atoms with van der Waals surface area (Å²) in [6.07, 6.45) is 2.32. The second-order valence-electron chi connectivity index (χ2n) is 6.23. The number of rotatable bonds is 5. The van der Waals surface area contributed by atoms with E-state index in [1.54, 1.807) is 11.9 Å². The summed E-state index contributed by atoms with van der Waals surface area (Å²) in [5, 5.41) is 0. The predicted octanol–water partition coefficient (Wildman–Crippen LogP) is 1.46. The molecule has 2 amide bonds. The van der Waals surface area contributed by atoms with Crippen molar-refractivity contribution in [1.29, 1.82) is 0 Å². The zero-order valence-electron chi connectivity index (χ0n) is 13.5. The second-order valence-corrected chi connectivity index (χ2v) is 6.23. The summed E-state index contributed by atoms with van der Waals surface area (Å²) in [5.74, 6) is -0.719. The van der Waals surface area contributed by atoms with Crippen LogP contribution in [0.4, 0.5) is 0 Å². The first-order valence-corrected chi connectivity index (χ1v) is 7.43. The largest absolute Gasteiger partial charge is 0.378 e. The van der Waals surface area contributed by atoms with Crippen LogP contribution in [0, 0.1) is 5.41 Å². The maximum Gasteiger partial charge on any atom is 0.272 e. The van der Waals surface area contributed by atoms with Gasteiger partial charge in [0.15, 0.2) is 0 Å². The highest BCUT2D eigenvalue weighted by molar-refractivity contribution is 5.95. The van der Waals surface area contributed by atoms with Gasteiger partial charge in [-0.1, -0.05) is 13.8 Å². The van der Waals surface area contributed by atoms with Gasteiger partial charge in [0, 0.05) is 31.3 Å². The topological polar surface area (TPSA) is 85.5 Å². The van der Waals surface area contributed by atoms with Crippen molar-refractivity contribution in [3.05, 3.63) is 29.6 Å². The molecule has 1 heterocycles. The molecule has 6 heteroatoms. The van der Waals surface area contributed by atoms with Gasteiger partial charge in [0.25, 0.3) is 5.91 Å². The molecule has 2 unspecified atom stereocenters. The van der Waals surface area contributed by atoms with Crippen molar-refractivity contribution in [2.45, 2.75) is 39.3 Å². The Balaban J connectivity index is 2.08. The zero-order valence-corrected chi connectivity index (χ0v) is 13.5. The first-order chi connectivity index (χ1) is 10.3. The number of hydrogen-bond acceptors (Lipinski definition) is 4. The number of nitrogens with zero attached hydrogens (tertiary/aromatic N) is 2. The minimum Gasteiger partial charge on any atom is -0.378 e. The van der Waals surface area contributed by atoms with Gasteiger partial charge in [-0.25, -0.2) is 0 Å². The lowest BCUT2D eigenvalue weighted by molar-refractivity contribution is -0.136. The van der Waals surface area contributed by atoms with Gasteiger partial charge in [0.2, 0.25) is 5.91 Å². The van der Waals surface area contributed by atoms with E-state index in [2.05, 4.69) is 18.8 Å². The molecule has 0 aliphatic heterocycles. The molecular weight excluding hydrogens is 282 g/mol. The molecular formula is C16H23N3O3. The summed E-state index contributed by atoms with van der Waals surface area (Å²) < 4.78 is 5.70. The summed E-state index contributed by atoms with van der Waals surface area (Å²) in [5.41, 5.74) is 5.68. The number of amides is 2. The minimum atomic E-state index is -0.556. The van der Waals surface area contributed by atoms with E-state index in [-0.39, 0.29) is 23.5 Å². The van der Waals surface area contributed by atoms with Crippen molar-refractivity contribution in [2.75, 3.05) is 13.7 Å². The third-order valence-corrected chi connectivity index (χ3v) is 4.55. The maximum absolute atomic E-state index is 12.5. The van der Waals surface area contributed by atoms with Crippen molar-refractivity contribution in [3.8, 4) is 0 Å². The summed E-state index contributed by atoms with van der Waals surface area (Å²) >= 11 is 0. The van der Waals surface area contributed by atoms with Crippen molar-refractivity contribution in [3.63, 3.8) is 0 Å². The Morgan fingerprint density at radius 2 is 2.14 bits per heavy atom. The average Bonchev–Trinajstić information content (AvgIpc) is 2.49. The van der Waals surface area contributed by atoms with E-state index in [1.165, 1.54) is 18.3 Å². The number of nitrogens with two attached hydrogens (primary N) is 1. The number of aromatic nitrogens is 1. The van der Waals surface area contributed by atoms with E-state index >= 15 is 0 Å². The Labute approximate surface area is 130 Å². The molecule has 6 nitrogen and oxygen atoms in total. The van der Waals surface area contributed by atoms with Gasteiger partial charge in [0.05, 0.1) is 11.7 Å². The van der Waals surface area contributed by atoms with E-state index < -0.39 is 5.91 Å². The summed E-state index contributed by atoms with van der Waals surface area (Å²) in [6, 6.07) is 3.16. The van der Waals surface area contributed by atoms with Crippen molar-refractivity contribution in [1.82, 2.24) is 9.88 Å². The monoisotopic (exact) mass is 305 g/mol. The van der Waals surface area contributed by atoms with Gasteiger partial charge in [-0.15, -0.1) is 0 Å². The number of carbonyl (C=O) groups excluding carboxylic acids is 2. The van der Waals surface area contributed by atoms with Crippen LogP contribution in [0.15, 0.2) is 18.3 Å². The molecule has 1 aromatic heterocycles. The Morgan fingerprint density at radius 3 is 2.59 bits per heavy atom. The van der Waals surface area contributed by atoms with E-state index in [0.717, 1.165) is 6.42 Å². The number of carbonyl (C=O) groups is 2. The van der Waals surface area contributed by atoms with Crippen LogP contribution in [-0.2, 0) is 4.74 Å². The third kappa shape index (κ3) is 2.83. The first kappa shape index (κ1) is 16.4. The van der Waals surface area contributed by atoms with Crippen molar-refractivity contribution >= 4 is 11.8 Å². The van der Waals surface area contributed by atoms with Crippen LogP contribution in [0.2, 0.25) is 0 Å². The molecule has 22 heavy (non-hydrogen) atoms. The highest BCUT2D eigenvalue weighted by Crippen LogP contribution is 2.45. The van der Waals surface area contributed by atoms with Gasteiger partial charge < -0.3 is 15.4 Å². The molecule has 120 valence electrons. The molecule has 0 saturated heterocycles. The van der Waals surface area contributed by atoms with Gasteiger partial charge >= 0.3 is 0 Å². The Kier molecular flexibility index (Phi) is 4.51. The molecule has 0 radical (unpaired) electrons.